The van der Waals surface area contributed by atoms with E-state index in [0.29, 0.717) is 31.5 Å². The Bertz CT molecular complexity index is 1800. The van der Waals surface area contributed by atoms with Gasteiger partial charge >= 0.3 is 18.2 Å². The second-order valence-corrected chi connectivity index (χ2v) is 12.9. The number of benzene rings is 2. The van der Waals surface area contributed by atoms with Crippen LogP contribution >= 0.6 is 0 Å². The van der Waals surface area contributed by atoms with Gasteiger partial charge in [-0.15, -0.1) is 0 Å². The molecule has 0 aliphatic carbocycles. The van der Waals surface area contributed by atoms with E-state index in [9.17, 15) is 31.2 Å². The Morgan fingerprint density at radius 2 is 1.66 bits per heavy atom. The Hall–Kier alpha value is -4.87. The second kappa shape index (κ2) is 13.1. The quantitative estimate of drug-likeness (QED) is 0.190. The van der Waals surface area contributed by atoms with Crippen molar-refractivity contribution >= 4 is 22.1 Å². The van der Waals surface area contributed by atoms with E-state index in [4.69, 9.17) is 18.9 Å². The van der Waals surface area contributed by atoms with Gasteiger partial charge in [0.25, 0.3) is 16.3 Å². The van der Waals surface area contributed by atoms with Crippen LogP contribution in [-0.4, -0.2) is 65.7 Å². The van der Waals surface area contributed by atoms with Crippen LogP contribution in [0.2, 0.25) is 0 Å². The molecule has 1 unspecified atom stereocenters. The van der Waals surface area contributed by atoms with Gasteiger partial charge in [0.05, 0.1) is 22.2 Å². The predicted octanol–water partition coefficient (Wildman–Crippen LogP) is 4.25. The molecule has 3 heterocycles. The number of sulfonamides is 1. The molecule has 14 nitrogen and oxygen atoms in total. The van der Waals surface area contributed by atoms with Gasteiger partial charge in [-0.2, -0.15) is 22.9 Å². The van der Waals surface area contributed by atoms with Crippen LogP contribution < -0.4 is 14.6 Å². The molecule has 1 amide bonds. The molecular weight excluding hydrogens is 649 g/mol. The zero-order valence-electron chi connectivity index (χ0n) is 25.8. The average Bonchev–Trinajstić information content (AvgIpc) is 3.60. The second-order valence-electron chi connectivity index (χ2n) is 11.2. The summed E-state index contributed by atoms with van der Waals surface area (Å²) in [5.74, 6) is -0.742. The van der Waals surface area contributed by atoms with Gasteiger partial charge in [-0.25, -0.2) is 22.6 Å². The average molecular weight is 683 g/mol. The Labute approximate surface area is 267 Å². The van der Waals surface area contributed by atoms with Crippen molar-refractivity contribution in [2.24, 2.45) is 5.92 Å². The van der Waals surface area contributed by atoms with E-state index in [2.05, 4.69) is 5.10 Å². The molecule has 2 aromatic heterocycles. The van der Waals surface area contributed by atoms with Crippen LogP contribution in [0.1, 0.15) is 44.9 Å². The molecule has 0 spiro atoms. The predicted molar refractivity (Wildman–Crippen MR) is 158 cm³/mol. The van der Waals surface area contributed by atoms with Crippen LogP contribution in [0.25, 0.3) is 16.9 Å². The van der Waals surface area contributed by atoms with Crippen molar-refractivity contribution in [3.63, 3.8) is 0 Å². The number of rotatable bonds is 10. The highest BCUT2D eigenvalue weighted by Gasteiger charge is 2.35. The van der Waals surface area contributed by atoms with E-state index in [1.54, 1.807) is 43.1 Å². The van der Waals surface area contributed by atoms with Gasteiger partial charge in [-0.05, 0) is 37.3 Å². The molecule has 1 saturated heterocycles. The third kappa shape index (κ3) is 8.11. The van der Waals surface area contributed by atoms with Crippen molar-refractivity contribution < 1.29 is 50.1 Å². The van der Waals surface area contributed by atoms with Gasteiger partial charge in [0.15, 0.2) is 5.69 Å². The van der Waals surface area contributed by atoms with Gasteiger partial charge in [-0.3, -0.25) is 9.80 Å². The summed E-state index contributed by atoms with van der Waals surface area (Å²) >= 11 is 0. The number of amides is 1. The van der Waals surface area contributed by atoms with E-state index >= 15 is 0 Å². The first kappa shape index (κ1) is 33.5. The number of piperidine rings is 1. The lowest BCUT2D eigenvalue weighted by molar-refractivity contribution is -0.184. The lowest BCUT2D eigenvalue weighted by atomic mass is 10.1. The number of esters is 1. The van der Waals surface area contributed by atoms with Gasteiger partial charge < -0.3 is 14.3 Å². The highest BCUT2D eigenvalue weighted by Crippen LogP contribution is 2.33. The summed E-state index contributed by atoms with van der Waals surface area (Å²) in [7, 11) is -4.37. The largest absolute Gasteiger partial charge is 0.445 e. The van der Waals surface area contributed by atoms with E-state index in [1.165, 1.54) is 24.0 Å². The normalized spacial score (nSPS) is 15.1. The van der Waals surface area contributed by atoms with Crippen molar-refractivity contribution in [2.75, 3.05) is 18.1 Å². The standard InChI is InChI=1S/C29H33F3N6O8S/c1-18(2)27(39)43-20(4)45-38-37(46-38)35-15-13-23(14-16-35)44-28(40)34-47(41,42)24-11-9-22(10-12-24)36-25(17-26(33-36)29(30,31)32)21-7-5-19(3)6-8-21/h5-12,17-18,20,23H,13-16H2,1-4H3,(H,34,40). The monoisotopic (exact) mass is 682 g/mol. The number of carbonyl (C=O) groups is 2. The van der Waals surface area contributed by atoms with Gasteiger partial charge in [-0.1, -0.05) is 43.7 Å². The van der Waals surface area contributed by atoms with E-state index in [0.717, 1.165) is 33.5 Å². The molecule has 5 rings (SSSR count). The molecule has 1 fully saturated rings. The first-order valence-corrected chi connectivity index (χ1v) is 16.1. The van der Waals surface area contributed by atoms with Crippen molar-refractivity contribution in [3.05, 3.63) is 65.9 Å². The molecule has 1 atom stereocenters. The van der Waals surface area contributed by atoms with Crippen molar-refractivity contribution in [1.29, 1.82) is 0 Å². The molecule has 0 radical (unpaired) electrons. The van der Waals surface area contributed by atoms with Crippen molar-refractivity contribution in [3.8, 4) is 16.9 Å². The van der Waals surface area contributed by atoms with Crippen LogP contribution in [0.3, 0.4) is 0 Å². The molecule has 4 aromatic rings. The number of alkyl halides is 3. The van der Waals surface area contributed by atoms with E-state index in [1.807, 2.05) is 11.6 Å². The number of nitrogens with one attached hydrogen (secondary N) is 1. The fraction of sp³-hybridized carbons (Fsp3) is 0.414. The smallest absolute Gasteiger partial charge is 0.435 e. The summed E-state index contributed by atoms with van der Waals surface area (Å²) in [6.07, 6.45) is -6.66. The van der Waals surface area contributed by atoms with Crippen molar-refractivity contribution in [1.82, 2.24) is 24.5 Å². The summed E-state index contributed by atoms with van der Waals surface area (Å²) in [6, 6.07) is 12.6. The third-order valence-corrected chi connectivity index (χ3v) is 8.47. The Balaban J connectivity index is 1.16. The molecule has 254 valence electrons. The number of halogens is 3. The minimum atomic E-state index is -4.70. The minimum absolute atomic E-state index is 0.160. The lowest BCUT2D eigenvalue weighted by Gasteiger charge is -2.28. The molecule has 18 heteroatoms. The van der Waals surface area contributed by atoms with Crippen LogP contribution in [0.5, 0.6) is 0 Å². The number of hydrogen-bond donors (Lipinski definition) is 1. The van der Waals surface area contributed by atoms with Crippen molar-refractivity contribution in [2.45, 2.75) is 64.0 Å². The topological polar surface area (TPSA) is 152 Å². The summed E-state index contributed by atoms with van der Waals surface area (Å²) in [5, 5.41) is 6.50. The van der Waals surface area contributed by atoms with Gasteiger partial charge in [0.2, 0.25) is 0 Å². The first-order valence-electron chi connectivity index (χ1n) is 14.6. The highest BCUT2D eigenvalue weighted by atomic mass is 32.2. The molecule has 1 N–H and O–H groups in total. The maximum atomic E-state index is 13.5. The van der Waals surface area contributed by atoms with Crippen LogP contribution in [-0.2, 0) is 30.5 Å². The fourth-order valence-electron chi connectivity index (χ4n) is 4.60. The van der Waals surface area contributed by atoms with E-state index < -0.39 is 46.4 Å². The zero-order valence-corrected chi connectivity index (χ0v) is 26.6. The third-order valence-electron chi connectivity index (χ3n) is 7.14. The molecule has 1 aliphatic rings. The number of aryl methyl sites for hydroxylation is 1. The molecule has 2 aromatic carbocycles. The Morgan fingerprint density at radius 1 is 1.02 bits per heavy atom. The van der Waals surface area contributed by atoms with E-state index in [-0.39, 0.29) is 22.2 Å². The number of nitrogens with zero attached hydrogens (tertiary/aromatic N) is 5. The van der Waals surface area contributed by atoms with Crippen LogP contribution in [0, 0.1) is 12.8 Å². The SMILES string of the molecule is Cc1ccc(-c2cc(C(F)(F)F)nn2-c2ccc(S(=O)(=O)NC(=O)OC3CCN(n4on4OC(C)OC(=O)C(C)C)CC3)cc2)cc1. The highest BCUT2D eigenvalue weighted by molar-refractivity contribution is 7.90. The zero-order chi connectivity index (χ0) is 34.1. The van der Waals surface area contributed by atoms with Gasteiger partial charge in [0, 0.05) is 43.4 Å². The van der Waals surface area contributed by atoms with Crippen LogP contribution in [0.4, 0.5) is 18.0 Å². The maximum absolute atomic E-state index is 13.5. The molecule has 47 heavy (non-hydrogen) atoms. The molecule has 0 saturated carbocycles. The number of ether oxygens (including phenoxy) is 2. The van der Waals surface area contributed by atoms with Gasteiger partial charge in [0.1, 0.15) is 11.1 Å². The summed E-state index contributed by atoms with van der Waals surface area (Å²) in [6.45, 7) is 7.52. The molecule has 0 bridgehead atoms. The minimum Gasteiger partial charge on any atom is -0.445 e. The molecule has 1 aliphatic heterocycles. The number of hydrogen-bond acceptors (Lipinski definition) is 10. The number of aromatic nitrogens is 4. The molecular formula is C29H33F3N6O8S. The lowest BCUT2D eigenvalue weighted by Crippen LogP contribution is -2.44. The maximum Gasteiger partial charge on any atom is 0.435 e. The Morgan fingerprint density at radius 3 is 2.26 bits per heavy atom. The fourth-order valence-corrected chi connectivity index (χ4v) is 5.48. The summed E-state index contributed by atoms with van der Waals surface area (Å²) in [4.78, 5) is 30.5. The summed E-state index contributed by atoms with van der Waals surface area (Å²) in [5.41, 5.74) is 0.634. The van der Waals surface area contributed by atoms with Crippen LogP contribution in [0.15, 0.2) is 64.1 Å². The first-order chi connectivity index (χ1) is 22.1. The summed E-state index contributed by atoms with van der Waals surface area (Å²) < 4.78 is 84.9. The number of carbonyl (C=O) groups excluding carboxylic acids is 2. The Kier molecular flexibility index (Phi) is 9.33.